The van der Waals surface area contributed by atoms with Crippen molar-refractivity contribution in [3.05, 3.63) is 36.7 Å². The Morgan fingerprint density at radius 3 is 2.50 bits per heavy atom. The first kappa shape index (κ1) is 14.5. The van der Waals surface area contributed by atoms with E-state index >= 15 is 0 Å². The second-order valence-corrected chi connectivity index (χ2v) is 5.99. The molecule has 106 valence electrons. The Labute approximate surface area is 116 Å². The van der Waals surface area contributed by atoms with Crippen LogP contribution >= 0.6 is 7.59 Å². The summed E-state index contributed by atoms with van der Waals surface area (Å²) < 4.78 is 13.4. The van der Waals surface area contributed by atoms with Gasteiger partial charge in [-0.15, -0.1) is 0 Å². The first-order valence-electron chi connectivity index (χ1n) is 5.99. The molecule has 0 amide bonds. The van der Waals surface area contributed by atoms with Crippen LogP contribution in [0.25, 0.3) is 11.4 Å². The van der Waals surface area contributed by atoms with Crippen LogP contribution in [0.2, 0.25) is 0 Å². The molecule has 20 heavy (non-hydrogen) atoms. The number of hydrogen-bond acceptors (Lipinski definition) is 4. The van der Waals surface area contributed by atoms with Gasteiger partial charge in [-0.2, -0.15) is 0 Å². The molecule has 1 aromatic carbocycles. The average molecular weight is 293 g/mol. The molecular formula is C12H16N5O2P. The molecule has 0 radical (unpaired) electrons. The quantitative estimate of drug-likeness (QED) is 0.734. The van der Waals surface area contributed by atoms with Gasteiger partial charge in [-0.1, -0.05) is 0 Å². The summed E-state index contributed by atoms with van der Waals surface area (Å²) >= 11 is 0. The van der Waals surface area contributed by atoms with Crippen molar-refractivity contribution in [1.29, 1.82) is 0 Å². The molecule has 0 saturated heterocycles. The minimum absolute atomic E-state index is 0.0520. The number of anilines is 1. The number of hydrogen-bond donors (Lipinski definition) is 3. The molecule has 0 aliphatic carbocycles. The van der Waals surface area contributed by atoms with Gasteiger partial charge in [-0.05, 0) is 31.2 Å². The first-order valence-corrected chi connectivity index (χ1v) is 7.79. The Morgan fingerprint density at radius 2 is 1.95 bits per heavy atom. The van der Waals surface area contributed by atoms with Crippen molar-refractivity contribution in [3.63, 3.8) is 0 Å². The molecule has 1 heterocycles. The second kappa shape index (κ2) is 5.58. The van der Waals surface area contributed by atoms with Gasteiger partial charge in [0, 0.05) is 24.5 Å². The molecule has 5 N–H and O–H groups in total. The summed E-state index contributed by atoms with van der Waals surface area (Å²) in [7, 11) is -3.46. The highest BCUT2D eigenvalue weighted by Crippen LogP contribution is 2.42. The third-order valence-electron chi connectivity index (χ3n) is 2.74. The van der Waals surface area contributed by atoms with Crippen molar-refractivity contribution < 1.29 is 9.67 Å². The molecule has 0 fully saturated rings. The van der Waals surface area contributed by atoms with Gasteiger partial charge in [0.05, 0.1) is 5.69 Å². The number of nitrogens with two attached hydrogens (primary N) is 2. The maximum absolute atomic E-state index is 12.0. The highest BCUT2D eigenvalue weighted by molar-refractivity contribution is 7.60. The van der Waals surface area contributed by atoms with E-state index in [1.54, 1.807) is 31.5 Å². The molecule has 0 aliphatic rings. The van der Waals surface area contributed by atoms with Gasteiger partial charge in [0.25, 0.3) is 0 Å². The maximum atomic E-state index is 12.0. The number of rotatable bonds is 4. The SMILES string of the molecule is CCN(c1ccc(O)cc1-c1ncccn1)P(N)(N)=O. The van der Waals surface area contributed by atoms with E-state index in [0.29, 0.717) is 23.6 Å². The van der Waals surface area contributed by atoms with Crippen molar-refractivity contribution in [3.8, 4) is 17.1 Å². The number of phenolic OH excluding ortho intramolecular Hbond substituents is 1. The number of aromatic nitrogens is 2. The third-order valence-corrected chi connectivity index (χ3v) is 3.99. The molecule has 2 rings (SSSR count). The van der Waals surface area contributed by atoms with Crippen LogP contribution in [-0.2, 0) is 4.57 Å². The van der Waals surface area contributed by atoms with Gasteiger partial charge in [-0.3, -0.25) is 20.2 Å². The predicted molar refractivity (Wildman–Crippen MR) is 78.1 cm³/mol. The molecule has 0 aliphatic heterocycles. The standard InChI is InChI=1S/C12H16N5O2P/c1-2-17(20(13,14)19)11-5-4-9(18)8-10(11)12-15-6-3-7-16-12/h3-8,18H,2H2,1H3,(H4,13,14,19). The van der Waals surface area contributed by atoms with Gasteiger partial charge in [0.2, 0.25) is 0 Å². The van der Waals surface area contributed by atoms with E-state index in [-0.39, 0.29) is 5.75 Å². The Balaban J connectivity index is 2.63. The molecular weight excluding hydrogens is 277 g/mol. The average Bonchev–Trinajstić information content (AvgIpc) is 2.40. The lowest BCUT2D eigenvalue weighted by Gasteiger charge is -2.28. The number of phenols is 1. The van der Waals surface area contributed by atoms with Crippen LogP contribution in [0.15, 0.2) is 36.7 Å². The van der Waals surface area contributed by atoms with E-state index in [9.17, 15) is 9.67 Å². The minimum Gasteiger partial charge on any atom is -0.508 e. The van der Waals surface area contributed by atoms with Gasteiger partial charge < -0.3 is 5.11 Å². The third kappa shape index (κ3) is 2.96. The lowest BCUT2D eigenvalue weighted by Crippen LogP contribution is -2.28. The van der Waals surface area contributed by atoms with Crippen molar-refractivity contribution in [1.82, 2.24) is 9.97 Å². The fourth-order valence-corrected chi connectivity index (χ4v) is 2.88. The lowest BCUT2D eigenvalue weighted by molar-refractivity contribution is 0.475. The van der Waals surface area contributed by atoms with E-state index in [0.717, 1.165) is 0 Å². The molecule has 1 aromatic heterocycles. The zero-order chi connectivity index (χ0) is 14.8. The van der Waals surface area contributed by atoms with Crippen LogP contribution in [0.1, 0.15) is 6.92 Å². The Morgan fingerprint density at radius 1 is 1.30 bits per heavy atom. The normalized spacial score (nSPS) is 11.3. The van der Waals surface area contributed by atoms with E-state index < -0.39 is 7.59 Å². The predicted octanol–water partition coefficient (Wildman–Crippen LogP) is 1.70. The van der Waals surface area contributed by atoms with Gasteiger partial charge in [0.1, 0.15) is 5.75 Å². The Hall–Kier alpha value is -1.95. The van der Waals surface area contributed by atoms with Crippen molar-refractivity contribution >= 4 is 13.3 Å². The fourth-order valence-electron chi connectivity index (χ4n) is 1.93. The molecule has 0 atom stereocenters. The monoisotopic (exact) mass is 293 g/mol. The number of nitrogens with zero attached hydrogens (tertiary/aromatic N) is 3. The highest BCUT2D eigenvalue weighted by Gasteiger charge is 2.24. The molecule has 0 spiro atoms. The van der Waals surface area contributed by atoms with Crippen LogP contribution in [0, 0.1) is 0 Å². The number of benzene rings is 1. The van der Waals surface area contributed by atoms with Crippen molar-refractivity contribution in [2.45, 2.75) is 6.92 Å². The Kier molecular flexibility index (Phi) is 4.04. The smallest absolute Gasteiger partial charge is 0.300 e. The zero-order valence-electron chi connectivity index (χ0n) is 11.0. The van der Waals surface area contributed by atoms with E-state index in [1.165, 1.54) is 16.8 Å². The maximum Gasteiger partial charge on any atom is 0.300 e. The molecule has 0 bridgehead atoms. The lowest BCUT2D eigenvalue weighted by atomic mass is 10.1. The fraction of sp³-hybridized carbons (Fsp3) is 0.167. The van der Waals surface area contributed by atoms with Gasteiger partial charge in [0.15, 0.2) is 5.82 Å². The molecule has 7 nitrogen and oxygen atoms in total. The van der Waals surface area contributed by atoms with Crippen LogP contribution in [-0.4, -0.2) is 21.6 Å². The van der Waals surface area contributed by atoms with Gasteiger partial charge >= 0.3 is 7.59 Å². The summed E-state index contributed by atoms with van der Waals surface area (Å²) in [6, 6.07) is 6.24. The second-order valence-electron chi connectivity index (χ2n) is 4.16. The summed E-state index contributed by atoms with van der Waals surface area (Å²) in [4.78, 5) is 8.26. The largest absolute Gasteiger partial charge is 0.508 e. The summed E-state index contributed by atoms with van der Waals surface area (Å²) in [6.07, 6.45) is 3.16. The van der Waals surface area contributed by atoms with Crippen LogP contribution in [0.5, 0.6) is 5.75 Å². The van der Waals surface area contributed by atoms with Crippen LogP contribution in [0.3, 0.4) is 0 Å². The summed E-state index contributed by atoms with van der Waals surface area (Å²) in [5, 5.41) is 9.65. The van der Waals surface area contributed by atoms with E-state index in [2.05, 4.69) is 9.97 Å². The molecule has 0 unspecified atom stereocenters. The zero-order valence-corrected chi connectivity index (χ0v) is 11.9. The van der Waals surface area contributed by atoms with Gasteiger partial charge in [-0.25, -0.2) is 9.97 Å². The van der Waals surface area contributed by atoms with Crippen molar-refractivity contribution in [2.24, 2.45) is 11.0 Å². The molecule has 2 aromatic rings. The van der Waals surface area contributed by atoms with Crippen LogP contribution in [0.4, 0.5) is 5.69 Å². The highest BCUT2D eigenvalue weighted by atomic mass is 31.2. The van der Waals surface area contributed by atoms with E-state index in [1.807, 2.05) is 0 Å². The first-order chi connectivity index (χ1) is 9.43. The minimum atomic E-state index is -3.46. The number of aromatic hydroxyl groups is 1. The van der Waals surface area contributed by atoms with E-state index in [4.69, 9.17) is 11.0 Å². The summed E-state index contributed by atoms with van der Waals surface area (Å²) in [5.41, 5.74) is 12.2. The topological polar surface area (TPSA) is 118 Å². The summed E-state index contributed by atoms with van der Waals surface area (Å²) in [6.45, 7) is 2.14. The molecule has 8 heteroatoms. The molecule has 0 saturated carbocycles. The summed E-state index contributed by atoms with van der Waals surface area (Å²) in [5.74, 6) is 0.446. The van der Waals surface area contributed by atoms with Crippen molar-refractivity contribution in [2.75, 3.05) is 11.2 Å². The Bertz CT molecular complexity index is 644. The van der Waals surface area contributed by atoms with Crippen LogP contribution < -0.4 is 15.7 Å².